The van der Waals surface area contributed by atoms with Gasteiger partial charge in [0.2, 0.25) is 0 Å². The highest BCUT2D eigenvalue weighted by atomic mass is 16.7. The highest BCUT2D eigenvalue weighted by Crippen LogP contribution is 2.32. The minimum absolute atomic E-state index is 0.179. The van der Waals surface area contributed by atoms with E-state index in [1.54, 1.807) is 0 Å². The molecule has 1 saturated carbocycles. The highest BCUT2D eigenvalue weighted by molar-refractivity contribution is 5.60. The molecular formula is C17H23NO3. The fourth-order valence-corrected chi connectivity index (χ4v) is 3.42. The minimum Gasteiger partial charge on any atom is -0.429 e. The molecule has 1 aromatic carbocycles. The summed E-state index contributed by atoms with van der Waals surface area (Å²) in [7, 11) is 0. The number of hydrogen-bond acceptors (Lipinski definition) is 4. The van der Waals surface area contributed by atoms with Gasteiger partial charge in [-0.1, -0.05) is 49.6 Å². The molecule has 3 atom stereocenters. The van der Waals surface area contributed by atoms with Crippen molar-refractivity contribution in [1.29, 1.82) is 0 Å². The molecule has 4 heteroatoms. The van der Waals surface area contributed by atoms with Crippen LogP contribution < -0.4 is 5.32 Å². The molecule has 1 N–H and O–H groups in total. The van der Waals surface area contributed by atoms with Crippen LogP contribution in [-0.4, -0.2) is 18.4 Å². The quantitative estimate of drug-likeness (QED) is 0.864. The van der Waals surface area contributed by atoms with E-state index in [2.05, 4.69) is 5.32 Å². The summed E-state index contributed by atoms with van der Waals surface area (Å²) >= 11 is 0. The second kappa shape index (κ2) is 6.94. The Morgan fingerprint density at radius 2 is 1.95 bits per heavy atom. The van der Waals surface area contributed by atoms with Gasteiger partial charge < -0.3 is 9.47 Å². The van der Waals surface area contributed by atoms with Crippen molar-refractivity contribution in [3.05, 3.63) is 35.9 Å². The van der Waals surface area contributed by atoms with Crippen molar-refractivity contribution in [2.45, 2.75) is 57.4 Å². The van der Waals surface area contributed by atoms with E-state index in [0.717, 1.165) is 12.0 Å². The summed E-state index contributed by atoms with van der Waals surface area (Å²) in [4.78, 5) is 11.8. The number of carbonyl (C=O) groups is 1. The molecule has 0 radical (unpaired) electrons. The molecule has 0 aromatic heterocycles. The molecule has 2 fully saturated rings. The van der Waals surface area contributed by atoms with E-state index in [0.29, 0.717) is 12.0 Å². The van der Waals surface area contributed by atoms with E-state index in [-0.39, 0.29) is 12.8 Å². The topological polar surface area (TPSA) is 47.6 Å². The van der Waals surface area contributed by atoms with E-state index in [4.69, 9.17) is 9.47 Å². The Morgan fingerprint density at radius 1 is 1.14 bits per heavy atom. The van der Waals surface area contributed by atoms with Crippen molar-refractivity contribution < 1.29 is 14.3 Å². The second-order valence-electron chi connectivity index (χ2n) is 6.04. The van der Waals surface area contributed by atoms with Gasteiger partial charge in [-0.3, -0.25) is 5.32 Å². The standard InChI is InChI=1S/C17H23NO3/c19-17(20-12-13-7-3-1-4-8-13)21-16-11-14-9-5-2-6-10-15(14)18-16/h1,3-4,7-8,14-16,18H,2,5-6,9-12H2. The lowest BCUT2D eigenvalue weighted by Gasteiger charge is -2.15. The first-order chi connectivity index (χ1) is 10.3. The Balaban J connectivity index is 1.43. The fourth-order valence-electron chi connectivity index (χ4n) is 3.42. The van der Waals surface area contributed by atoms with Crippen LogP contribution in [0.3, 0.4) is 0 Å². The van der Waals surface area contributed by atoms with Gasteiger partial charge in [0.25, 0.3) is 0 Å². The smallest absolute Gasteiger partial charge is 0.429 e. The number of benzene rings is 1. The number of ether oxygens (including phenoxy) is 2. The lowest BCUT2D eigenvalue weighted by Crippen LogP contribution is -2.34. The van der Waals surface area contributed by atoms with Gasteiger partial charge in [0.05, 0.1) is 0 Å². The zero-order valence-electron chi connectivity index (χ0n) is 12.3. The van der Waals surface area contributed by atoms with Crippen molar-refractivity contribution >= 4 is 6.16 Å². The lowest BCUT2D eigenvalue weighted by atomic mass is 9.96. The van der Waals surface area contributed by atoms with Crippen LogP contribution in [0.15, 0.2) is 30.3 Å². The van der Waals surface area contributed by atoms with Crippen LogP contribution in [0.1, 0.15) is 44.1 Å². The Morgan fingerprint density at radius 3 is 2.81 bits per heavy atom. The molecule has 0 bridgehead atoms. The Labute approximate surface area is 125 Å². The van der Waals surface area contributed by atoms with Crippen molar-refractivity contribution in [3.8, 4) is 0 Å². The van der Waals surface area contributed by atoms with Gasteiger partial charge >= 0.3 is 6.16 Å². The predicted octanol–water partition coefficient (Wildman–Crippen LogP) is 3.61. The van der Waals surface area contributed by atoms with Crippen molar-refractivity contribution in [2.75, 3.05) is 0 Å². The molecule has 114 valence electrons. The molecule has 21 heavy (non-hydrogen) atoms. The highest BCUT2D eigenvalue weighted by Gasteiger charge is 2.36. The number of rotatable bonds is 3. The van der Waals surface area contributed by atoms with Gasteiger partial charge in [-0.25, -0.2) is 4.79 Å². The molecule has 0 spiro atoms. The lowest BCUT2D eigenvalue weighted by molar-refractivity contribution is 0.0119. The molecule has 3 rings (SSSR count). The maximum Gasteiger partial charge on any atom is 0.510 e. The molecule has 0 amide bonds. The maximum atomic E-state index is 11.8. The number of hydrogen-bond donors (Lipinski definition) is 1. The Kier molecular flexibility index (Phi) is 4.76. The van der Waals surface area contributed by atoms with Crippen LogP contribution in [0.25, 0.3) is 0 Å². The van der Waals surface area contributed by atoms with Gasteiger partial charge in [-0.15, -0.1) is 0 Å². The van der Waals surface area contributed by atoms with Crippen molar-refractivity contribution in [3.63, 3.8) is 0 Å². The number of nitrogens with one attached hydrogen (secondary N) is 1. The molecule has 1 saturated heterocycles. The summed E-state index contributed by atoms with van der Waals surface area (Å²) in [5.41, 5.74) is 0.971. The van der Waals surface area contributed by atoms with Gasteiger partial charge in [0.1, 0.15) is 6.61 Å². The van der Waals surface area contributed by atoms with Gasteiger partial charge in [-0.2, -0.15) is 0 Å². The monoisotopic (exact) mass is 289 g/mol. The van der Waals surface area contributed by atoms with Crippen LogP contribution in [-0.2, 0) is 16.1 Å². The van der Waals surface area contributed by atoms with Crippen molar-refractivity contribution in [1.82, 2.24) is 5.32 Å². The third kappa shape index (κ3) is 3.97. The first-order valence-corrected chi connectivity index (χ1v) is 7.94. The summed E-state index contributed by atoms with van der Waals surface area (Å²) in [5, 5.41) is 3.44. The number of fused-ring (bicyclic) bond motifs is 1. The Bertz CT molecular complexity index is 448. The zero-order chi connectivity index (χ0) is 14.5. The van der Waals surface area contributed by atoms with Gasteiger partial charge in [-0.05, 0) is 24.3 Å². The molecule has 2 aliphatic rings. The average Bonchev–Trinajstić information content (AvgIpc) is 2.75. The normalized spacial score (nSPS) is 28.5. The summed E-state index contributed by atoms with van der Waals surface area (Å²) < 4.78 is 10.6. The zero-order valence-corrected chi connectivity index (χ0v) is 12.3. The van der Waals surface area contributed by atoms with Crippen molar-refractivity contribution in [2.24, 2.45) is 5.92 Å². The molecular weight excluding hydrogens is 266 g/mol. The van der Waals surface area contributed by atoms with E-state index >= 15 is 0 Å². The van der Waals surface area contributed by atoms with E-state index in [1.807, 2.05) is 30.3 Å². The predicted molar refractivity (Wildman–Crippen MR) is 79.6 cm³/mol. The van der Waals surface area contributed by atoms with E-state index in [1.165, 1.54) is 32.1 Å². The average molecular weight is 289 g/mol. The Hall–Kier alpha value is -1.55. The van der Waals surface area contributed by atoms with Gasteiger partial charge in [0.15, 0.2) is 6.23 Å². The number of carbonyl (C=O) groups excluding carboxylic acids is 1. The third-order valence-electron chi connectivity index (χ3n) is 4.51. The second-order valence-corrected chi connectivity index (χ2v) is 6.04. The maximum absolute atomic E-state index is 11.8. The third-order valence-corrected chi connectivity index (χ3v) is 4.51. The summed E-state index contributed by atoms with van der Waals surface area (Å²) in [6, 6.07) is 10.2. The molecule has 1 aliphatic heterocycles. The summed E-state index contributed by atoms with van der Waals surface area (Å²) in [6.07, 6.45) is 6.52. The van der Waals surface area contributed by atoms with Crippen LogP contribution >= 0.6 is 0 Å². The molecule has 1 aliphatic carbocycles. The fraction of sp³-hybridized carbons (Fsp3) is 0.588. The van der Waals surface area contributed by atoms with Gasteiger partial charge in [0, 0.05) is 12.5 Å². The summed E-state index contributed by atoms with van der Waals surface area (Å²) in [6.45, 7) is 0.263. The van der Waals surface area contributed by atoms with E-state index in [9.17, 15) is 4.79 Å². The largest absolute Gasteiger partial charge is 0.510 e. The summed E-state index contributed by atoms with van der Waals surface area (Å²) in [5.74, 6) is 0.652. The van der Waals surface area contributed by atoms with Crippen LogP contribution in [0.2, 0.25) is 0 Å². The van der Waals surface area contributed by atoms with Crippen LogP contribution in [0.4, 0.5) is 4.79 Å². The first kappa shape index (κ1) is 14.4. The van der Waals surface area contributed by atoms with Crippen LogP contribution in [0.5, 0.6) is 0 Å². The molecule has 3 unspecified atom stereocenters. The minimum atomic E-state index is -0.576. The molecule has 1 aromatic rings. The van der Waals surface area contributed by atoms with Crippen LogP contribution in [0, 0.1) is 5.92 Å². The molecule has 4 nitrogen and oxygen atoms in total. The van der Waals surface area contributed by atoms with E-state index < -0.39 is 6.16 Å². The molecule has 1 heterocycles. The first-order valence-electron chi connectivity index (χ1n) is 7.94. The SMILES string of the molecule is O=C(OCc1ccccc1)OC1CC2CCCCCC2N1.